The Morgan fingerprint density at radius 2 is 1.90 bits per heavy atom. The van der Waals surface area contributed by atoms with Crippen LogP contribution in [0.2, 0.25) is 0 Å². The smallest absolute Gasteiger partial charge is 0.453 e. The van der Waals surface area contributed by atoms with Crippen molar-refractivity contribution in [3.63, 3.8) is 0 Å². The number of para-hydroxylation sites is 1. The number of nitrogens with one attached hydrogen (secondary N) is 1. The van der Waals surface area contributed by atoms with Gasteiger partial charge in [-0.05, 0) is 18.2 Å². The quantitative estimate of drug-likeness (QED) is 0.552. The lowest BCUT2D eigenvalue weighted by atomic mass is 10.0. The molecule has 8 nitrogen and oxygen atoms in total. The van der Waals surface area contributed by atoms with Gasteiger partial charge in [0.05, 0.1) is 7.11 Å². The number of ether oxygens (including phenoxy) is 1. The molecule has 0 fully saturated rings. The third kappa shape index (κ3) is 3.46. The van der Waals surface area contributed by atoms with Gasteiger partial charge in [0.2, 0.25) is 0 Å². The zero-order valence-electron chi connectivity index (χ0n) is 15.4. The van der Waals surface area contributed by atoms with Gasteiger partial charge in [-0.15, -0.1) is 15.3 Å². The number of hydrogen-bond acceptors (Lipinski definition) is 6. The number of anilines is 1. The van der Waals surface area contributed by atoms with Crippen molar-refractivity contribution < 1.29 is 17.9 Å². The molecule has 0 amide bonds. The van der Waals surface area contributed by atoms with Crippen LogP contribution in [0.3, 0.4) is 0 Å². The van der Waals surface area contributed by atoms with E-state index in [1.54, 1.807) is 25.6 Å². The Labute approximate surface area is 163 Å². The van der Waals surface area contributed by atoms with E-state index >= 15 is 0 Å². The molecule has 150 valence electrons. The highest BCUT2D eigenvalue weighted by atomic mass is 19.4. The predicted molar refractivity (Wildman–Crippen MR) is 97.5 cm³/mol. The van der Waals surface area contributed by atoms with Crippen LogP contribution in [-0.2, 0) is 13.2 Å². The van der Waals surface area contributed by atoms with Gasteiger partial charge in [0, 0.05) is 25.0 Å². The Balaban J connectivity index is 1.80. The number of hydrogen-bond donors (Lipinski definition) is 1. The number of benzene rings is 1. The van der Waals surface area contributed by atoms with Gasteiger partial charge >= 0.3 is 6.18 Å². The molecular formula is C18H16F3N7O. The summed E-state index contributed by atoms with van der Waals surface area (Å²) in [5, 5.41) is 13.9. The molecule has 0 unspecified atom stereocenters. The normalized spacial score (nSPS) is 12.9. The zero-order valence-corrected chi connectivity index (χ0v) is 15.4. The summed E-state index contributed by atoms with van der Waals surface area (Å²) in [5.74, 6) is 0.245. The maximum Gasteiger partial charge on any atom is 0.453 e. The molecule has 11 heteroatoms. The molecule has 3 aromatic heterocycles. The molecule has 0 radical (unpaired) electrons. The molecule has 1 aromatic carbocycles. The van der Waals surface area contributed by atoms with E-state index in [0.29, 0.717) is 16.1 Å². The maximum absolute atomic E-state index is 13.2. The lowest BCUT2D eigenvalue weighted by Crippen LogP contribution is -2.19. The van der Waals surface area contributed by atoms with E-state index in [0.717, 1.165) is 5.56 Å². The van der Waals surface area contributed by atoms with E-state index in [1.807, 2.05) is 29.8 Å². The lowest BCUT2D eigenvalue weighted by molar-refractivity contribution is -0.146. The van der Waals surface area contributed by atoms with Gasteiger partial charge in [0.1, 0.15) is 23.4 Å². The minimum atomic E-state index is -4.67. The van der Waals surface area contributed by atoms with Gasteiger partial charge in [0.15, 0.2) is 5.65 Å². The monoisotopic (exact) mass is 403 g/mol. The van der Waals surface area contributed by atoms with Crippen molar-refractivity contribution in [3.05, 3.63) is 66.0 Å². The van der Waals surface area contributed by atoms with Crippen LogP contribution in [0.5, 0.6) is 5.75 Å². The van der Waals surface area contributed by atoms with Crippen LogP contribution in [0.25, 0.3) is 5.65 Å². The van der Waals surface area contributed by atoms with Crippen LogP contribution < -0.4 is 10.1 Å². The fourth-order valence-electron chi connectivity index (χ4n) is 3.03. The van der Waals surface area contributed by atoms with Crippen molar-refractivity contribution in [1.29, 1.82) is 0 Å². The Morgan fingerprint density at radius 1 is 1.10 bits per heavy atom. The van der Waals surface area contributed by atoms with Crippen molar-refractivity contribution >= 4 is 11.5 Å². The van der Waals surface area contributed by atoms with Crippen molar-refractivity contribution in [1.82, 2.24) is 29.4 Å². The van der Waals surface area contributed by atoms with Crippen LogP contribution >= 0.6 is 0 Å². The van der Waals surface area contributed by atoms with Crippen molar-refractivity contribution in [2.24, 2.45) is 7.05 Å². The van der Waals surface area contributed by atoms with Crippen LogP contribution in [0, 0.1) is 0 Å². The summed E-state index contributed by atoms with van der Waals surface area (Å²) >= 11 is 0. The Hall–Kier alpha value is -3.63. The number of alkyl halides is 3. The van der Waals surface area contributed by atoms with Crippen LogP contribution in [0.4, 0.5) is 19.0 Å². The summed E-state index contributed by atoms with van der Waals surface area (Å²) in [7, 11) is 3.37. The fourth-order valence-corrected chi connectivity index (χ4v) is 3.03. The third-order valence-electron chi connectivity index (χ3n) is 4.38. The van der Waals surface area contributed by atoms with E-state index in [-0.39, 0.29) is 11.5 Å². The second kappa shape index (κ2) is 7.08. The molecule has 0 aliphatic carbocycles. The molecule has 0 saturated heterocycles. The highest BCUT2D eigenvalue weighted by Gasteiger charge is 2.37. The van der Waals surface area contributed by atoms with E-state index in [4.69, 9.17) is 4.74 Å². The molecule has 0 spiro atoms. The lowest BCUT2D eigenvalue weighted by Gasteiger charge is -2.21. The predicted octanol–water partition coefficient (Wildman–Crippen LogP) is 3.09. The minimum absolute atomic E-state index is 0.00583. The first-order chi connectivity index (χ1) is 13.9. The zero-order chi connectivity index (χ0) is 20.6. The number of aromatic nitrogens is 6. The highest BCUT2D eigenvalue weighted by molar-refractivity contribution is 5.49. The van der Waals surface area contributed by atoms with Crippen molar-refractivity contribution in [2.45, 2.75) is 12.2 Å². The van der Waals surface area contributed by atoms with Crippen LogP contribution in [0.15, 0.2) is 48.8 Å². The second-order valence-electron chi connectivity index (χ2n) is 6.23. The van der Waals surface area contributed by atoms with E-state index < -0.39 is 18.0 Å². The molecule has 0 saturated carbocycles. The van der Waals surface area contributed by atoms with E-state index in [9.17, 15) is 13.2 Å². The van der Waals surface area contributed by atoms with Gasteiger partial charge in [0.25, 0.3) is 5.82 Å². The van der Waals surface area contributed by atoms with Crippen LogP contribution in [0.1, 0.15) is 23.3 Å². The molecule has 0 aliphatic heterocycles. The Kier molecular flexibility index (Phi) is 4.57. The summed E-state index contributed by atoms with van der Waals surface area (Å²) in [6.45, 7) is 0. The van der Waals surface area contributed by atoms with Crippen LogP contribution in [-0.4, -0.2) is 36.5 Å². The van der Waals surface area contributed by atoms with Gasteiger partial charge in [-0.25, -0.2) is 4.98 Å². The molecule has 0 aliphatic rings. The number of imidazole rings is 1. The topological polar surface area (TPSA) is 82.2 Å². The summed E-state index contributed by atoms with van der Waals surface area (Å²) in [6, 6.07) is 9.74. The third-order valence-corrected chi connectivity index (χ3v) is 4.38. The van der Waals surface area contributed by atoms with Gasteiger partial charge in [-0.3, -0.25) is 0 Å². The van der Waals surface area contributed by atoms with Crippen molar-refractivity contribution in [2.75, 3.05) is 12.4 Å². The van der Waals surface area contributed by atoms with E-state index in [2.05, 4.69) is 25.6 Å². The number of fused-ring (bicyclic) bond motifs is 1. The first-order valence-electron chi connectivity index (χ1n) is 8.55. The minimum Gasteiger partial charge on any atom is -0.496 e. The highest BCUT2D eigenvalue weighted by Crippen LogP contribution is 2.32. The fraction of sp³-hybridized carbons (Fsp3) is 0.222. The maximum atomic E-state index is 13.2. The first-order valence-corrected chi connectivity index (χ1v) is 8.55. The molecule has 0 bridgehead atoms. The average molecular weight is 403 g/mol. The number of rotatable bonds is 5. The number of methoxy groups -OCH3 is 1. The number of nitrogens with zero attached hydrogens (tertiary/aromatic N) is 6. The summed E-state index contributed by atoms with van der Waals surface area (Å²) < 4.78 is 47.4. The number of aryl methyl sites for hydroxylation is 1. The SMILES string of the molecule is COc1ccccc1[C@@H](Nc1ccc2nnc(C(F)(F)F)n2n1)c1nccn1C. The van der Waals surface area contributed by atoms with Gasteiger partial charge < -0.3 is 14.6 Å². The van der Waals surface area contributed by atoms with Gasteiger partial charge in [-0.2, -0.15) is 17.7 Å². The number of halogens is 3. The largest absolute Gasteiger partial charge is 0.496 e. The Bertz CT molecular complexity index is 1150. The molecule has 29 heavy (non-hydrogen) atoms. The standard InChI is InChI=1S/C18H16F3N7O/c1-27-10-9-22-16(27)15(11-5-3-4-6-12(11)29-2)23-13-7-8-14-24-25-17(18(19,20)21)28(14)26-13/h3-10,15H,1-2H3,(H,23,26)/t15-/m1/s1. The molecule has 3 heterocycles. The molecule has 4 aromatic rings. The Morgan fingerprint density at radius 3 is 2.59 bits per heavy atom. The molecular weight excluding hydrogens is 387 g/mol. The van der Waals surface area contributed by atoms with Gasteiger partial charge in [-0.1, -0.05) is 18.2 Å². The summed E-state index contributed by atoms with van der Waals surface area (Å²) in [6.07, 6.45) is -1.26. The molecule has 4 rings (SSSR count). The molecule has 1 atom stereocenters. The molecule has 1 N–H and O–H groups in total. The summed E-state index contributed by atoms with van der Waals surface area (Å²) in [5.41, 5.74) is 0.750. The summed E-state index contributed by atoms with van der Waals surface area (Å²) in [4.78, 5) is 4.38. The van der Waals surface area contributed by atoms with E-state index in [1.165, 1.54) is 12.1 Å². The first kappa shape index (κ1) is 18.7. The second-order valence-corrected chi connectivity index (χ2v) is 6.23. The average Bonchev–Trinajstić information content (AvgIpc) is 3.31. The van der Waals surface area contributed by atoms with Crippen molar-refractivity contribution in [3.8, 4) is 5.75 Å².